The van der Waals surface area contributed by atoms with Crippen LogP contribution in [0.1, 0.15) is 36.6 Å². The smallest absolute Gasteiger partial charge is 0.335 e. The van der Waals surface area contributed by atoms with Crippen molar-refractivity contribution >= 4 is 17.8 Å². The van der Waals surface area contributed by atoms with Crippen LogP contribution in [0.25, 0.3) is 0 Å². The van der Waals surface area contributed by atoms with Gasteiger partial charge in [-0.25, -0.2) is 10.3 Å². The highest BCUT2D eigenvalue weighted by Gasteiger charge is 2.18. The van der Waals surface area contributed by atoms with Crippen molar-refractivity contribution in [3.63, 3.8) is 0 Å². The van der Waals surface area contributed by atoms with Gasteiger partial charge in [-0.05, 0) is 23.8 Å². The van der Waals surface area contributed by atoms with Gasteiger partial charge in [0.05, 0.1) is 23.3 Å². The van der Waals surface area contributed by atoms with Crippen molar-refractivity contribution in [2.75, 3.05) is 0 Å². The molecule has 7 heteroatoms. The number of nitrogens with one attached hydrogen (secondary N) is 1. The lowest BCUT2D eigenvalue weighted by Crippen LogP contribution is -2.27. The molecule has 2 aromatic rings. The number of carboxylic acid groups (broad SMARTS) is 1. The second-order valence-corrected chi connectivity index (χ2v) is 4.64. The van der Waals surface area contributed by atoms with Gasteiger partial charge in [0.1, 0.15) is 0 Å². The van der Waals surface area contributed by atoms with E-state index in [4.69, 9.17) is 15.7 Å². The molecule has 0 radical (unpaired) electrons. The highest BCUT2D eigenvalue weighted by atomic mass is 16.6. The normalized spacial score (nSPS) is 10.1. The Morgan fingerprint density at radius 3 is 2.35 bits per heavy atom. The Balaban J connectivity index is 2.09. The van der Waals surface area contributed by atoms with E-state index in [1.54, 1.807) is 0 Å². The summed E-state index contributed by atoms with van der Waals surface area (Å²) in [6.45, 7) is 0.145. The van der Waals surface area contributed by atoms with Crippen molar-refractivity contribution in [3.05, 3.63) is 70.8 Å². The van der Waals surface area contributed by atoms with Crippen LogP contribution >= 0.6 is 0 Å². The summed E-state index contributed by atoms with van der Waals surface area (Å²) in [5.41, 5.74) is 7.85. The van der Waals surface area contributed by atoms with Crippen molar-refractivity contribution in [3.8, 4) is 0 Å². The zero-order valence-corrected chi connectivity index (χ0v) is 12.0. The minimum absolute atomic E-state index is 0.0597. The molecule has 0 saturated carbocycles. The summed E-state index contributed by atoms with van der Waals surface area (Å²) < 4.78 is 0. The molecule has 0 heterocycles. The first-order valence-corrected chi connectivity index (χ1v) is 6.62. The molecular weight excluding hydrogens is 300 g/mol. The summed E-state index contributed by atoms with van der Waals surface area (Å²) in [4.78, 5) is 39.4. The number of benzene rings is 2. The first-order valence-electron chi connectivity index (χ1n) is 6.62. The van der Waals surface area contributed by atoms with Crippen LogP contribution in [0, 0.1) is 0 Å². The molecule has 2 amide bonds. The monoisotopic (exact) mass is 314 g/mol. The third kappa shape index (κ3) is 4.14. The van der Waals surface area contributed by atoms with Crippen molar-refractivity contribution in [1.29, 1.82) is 0 Å². The van der Waals surface area contributed by atoms with Gasteiger partial charge in [-0.1, -0.05) is 30.3 Å². The maximum absolute atomic E-state index is 12.1. The van der Waals surface area contributed by atoms with Crippen LogP contribution in [-0.4, -0.2) is 22.9 Å². The Hall–Kier alpha value is -3.19. The van der Waals surface area contributed by atoms with Crippen molar-refractivity contribution in [2.45, 2.75) is 6.61 Å². The number of hydroxylamine groups is 1. The lowest BCUT2D eigenvalue weighted by molar-refractivity contribution is 0.0232. The number of carbonyl (C=O) groups excluding carboxylic acids is 2. The molecule has 0 aromatic heterocycles. The van der Waals surface area contributed by atoms with Gasteiger partial charge in [0, 0.05) is 0 Å². The van der Waals surface area contributed by atoms with E-state index >= 15 is 0 Å². The van der Waals surface area contributed by atoms with Crippen LogP contribution < -0.4 is 11.2 Å². The van der Waals surface area contributed by atoms with E-state index in [1.807, 2.05) is 30.3 Å². The van der Waals surface area contributed by atoms with E-state index in [9.17, 15) is 14.4 Å². The lowest BCUT2D eigenvalue weighted by Gasteiger charge is -2.09. The van der Waals surface area contributed by atoms with Gasteiger partial charge < -0.3 is 10.8 Å². The minimum atomic E-state index is -1.22. The van der Waals surface area contributed by atoms with E-state index in [0.29, 0.717) is 0 Å². The van der Waals surface area contributed by atoms with Crippen LogP contribution in [0.2, 0.25) is 0 Å². The summed E-state index contributed by atoms with van der Waals surface area (Å²) in [5.74, 6) is -2.81. The Morgan fingerprint density at radius 2 is 1.74 bits per heavy atom. The Bertz CT molecular complexity index is 743. The third-order valence-corrected chi connectivity index (χ3v) is 3.02. The van der Waals surface area contributed by atoms with Crippen LogP contribution in [0.3, 0.4) is 0 Å². The Morgan fingerprint density at radius 1 is 1.04 bits per heavy atom. The molecule has 0 fully saturated rings. The Kier molecular flexibility index (Phi) is 5.06. The fourth-order valence-electron chi connectivity index (χ4n) is 1.89. The van der Waals surface area contributed by atoms with E-state index in [-0.39, 0.29) is 23.3 Å². The van der Waals surface area contributed by atoms with Crippen LogP contribution in [0.4, 0.5) is 0 Å². The zero-order valence-electron chi connectivity index (χ0n) is 12.0. The van der Waals surface area contributed by atoms with Crippen LogP contribution in [0.5, 0.6) is 0 Å². The summed E-state index contributed by atoms with van der Waals surface area (Å²) in [6.07, 6.45) is 0. The van der Waals surface area contributed by atoms with E-state index in [0.717, 1.165) is 11.6 Å². The summed E-state index contributed by atoms with van der Waals surface area (Å²) in [7, 11) is 0. The highest BCUT2D eigenvalue weighted by molar-refractivity contribution is 6.07. The molecule has 118 valence electrons. The van der Waals surface area contributed by atoms with E-state index in [2.05, 4.69) is 5.48 Å². The van der Waals surface area contributed by atoms with Gasteiger partial charge >= 0.3 is 5.97 Å². The fraction of sp³-hybridized carbons (Fsp3) is 0.0625. The molecule has 4 N–H and O–H groups in total. The number of primary amides is 1. The summed E-state index contributed by atoms with van der Waals surface area (Å²) in [5, 5.41) is 8.91. The van der Waals surface area contributed by atoms with Gasteiger partial charge in [0.2, 0.25) is 5.91 Å². The molecule has 0 atom stereocenters. The quantitative estimate of drug-likeness (QED) is 0.695. The van der Waals surface area contributed by atoms with Crippen molar-refractivity contribution < 1.29 is 24.3 Å². The summed E-state index contributed by atoms with van der Waals surface area (Å²) in [6, 6.07) is 12.6. The number of carboxylic acids is 1. The number of rotatable bonds is 6. The first-order chi connectivity index (χ1) is 11.0. The molecule has 0 aliphatic rings. The van der Waals surface area contributed by atoms with Gasteiger partial charge in [-0.3, -0.25) is 14.4 Å². The molecule has 0 aliphatic carbocycles. The minimum Gasteiger partial charge on any atom is -0.478 e. The topological polar surface area (TPSA) is 119 Å². The largest absolute Gasteiger partial charge is 0.478 e. The van der Waals surface area contributed by atoms with Gasteiger partial charge in [0.25, 0.3) is 5.91 Å². The maximum Gasteiger partial charge on any atom is 0.335 e. The second kappa shape index (κ2) is 7.19. The lowest BCUT2D eigenvalue weighted by atomic mass is 10.0. The SMILES string of the molecule is NC(=O)c1cc(C(=O)O)ccc1C(=O)NOCc1ccccc1. The molecule has 2 aromatic carbocycles. The average molecular weight is 314 g/mol. The van der Waals surface area contributed by atoms with Crippen LogP contribution in [0.15, 0.2) is 48.5 Å². The molecule has 7 nitrogen and oxygen atoms in total. The predicted molar refractivity (Wildman–Crippen MR) is 80.6 cm³/mol. The van der Waals surface area contributed by atoms with Gasteiger partial charge in [-0.2, -0.15) is 0 Å². The first kappa shape index (κ1) is 16.2. The molecule has 0 spiro atoms. The number of hydrogen-bond acceptors (Lipinski definition) is 4. The number of aromatic carboxylic acids is 1. The highest BCUT2D eigenvalue weighted by Crippen LogP contribution is 2.12. The molecule has 0 saturated heterocycles. The van der Waals surface area contributed by atoms with Gasteiger partial charge in [-0.15, -0.1) is 0 Å². The zero-order chi connectivity index (χ0) is 16.8. The van der Waals surface area contributed by atoms with Crippen LogP contribution in [-0.2, 0) is 11.4 Å². The van der Waals surface area contributed by atoms with E-state index in [1.165, 1.54) is 12.1 Å². The maximum atomic E-state index is 12.1. The number of nitrogens with two attached hydrogens (primary N) is 1. The Labute approximate surface area is 131 Å². The van der Waals surface area contributed by atoms with E-state index < -0.39 is 17.8 Å². The molecule has 23 heavy (non-hydrogen) atoms. The molecule has 0 unspecified atom stereocenters. The van der Waals surface area contributed by atoms with Crippen molar-refractivity contribution in [1.82, 2.24) is 5.48 Å². The number of carbonyl (C=O) groups is 3. The number of amides is 2. The standard InChI is InChI=1S/C16H14N2O5/c17-14(19)13-8-11(16(21)22)6-7-12(13)15(20)18-23-9-10-4-2-1-3-5-10/h1-8H,9H2,(H2,17,19)(H,18,20)(H,21,22). The fourth-order valence-corrected chi connectivity index (χ4v) is 1.89. The molecule has 0 aliphatic heterocycles. The molecule has 0 bridgehead atoms. The molecule has 2 rings (SSSR count). The summed E-state index contributed by atoms with van der Waals surface area (Å²) >= 11 is 0. The third-order valence-electron chi connectivity index (χ3n) is 3.02. The number of hydrogen-bond donors (Lipinski definition) is 3. The van der Waals surface area contributed by atoms with Gasteiger partial charge in [0.15, 0.2) is 0 Å². The van der Waals surface area contributed by atoms with Crippen molar-refractivity contribution in [2.24, 2.45) is 5.73 Å². The molecular formula is C16H14N2O5. The average Bonchev–Trinajstić information content (AvgIpc) is 2.55. The predicted octanol–water partition coefficient (Wildman–Crippen LogP) is 1.35. The second-order valence-electron chi connectivity index (χ2n) is 4.64.